The van der Waals surface area contributed by atoms with E-state index in [1.807, 2.05) is 0 Å². The second kappa shape index (κ2) is 2.36. The average molecular weight is 208 g/mol. The number of hydrogen-bond donors (Lipinski definition) is 2. The van der Waals surface area contributed by atoms with E-state index in [2.05, 4.69) is 10.6 Å². The van der Waals surface area contributed by atoms with Gasteiger partial charge in [-0.3, -0.25) is 9.59 Å². The highest BCUT2D eigenvalue weighted by Gasteiger charge is 2.52. The first kappa shape index (κ1) is 7.99. The van der Waals surface area contributed by atoms with Gasteiger partial charge in [-0.05, 0) is 18.9 Å². The fourth-order valence-corrected chi connectivity index (χ4v) is 2.57. The molecule has 0 saturated heterocycles. The van der Waals surface area contributed by atoms with Crippen LogP contribution >= 0.6 is 11.3 Å². The Morgan fingerprint density at radius 1 is 1.50 bits per heavy atom. The normalized spacial score (nSPS) is 21.0. The van der Waals surface area contributed by atoms with Gasteiger partial charge in [-0.2, -0.15) is 0 Å². The third kappa shape index (κ3) is 0.928. The summed E-state index contributed by atoms with van der Waals surface area (Å²) in [4.78, 5) is 22.8. The molecule has 1 fully saturated rings. The van der Waals surface area contributed by atoms with E-state index in [9.17, 15) is 9.59 Å². The molecular formula is C9H8N2O2S. The Hall–Kier alpha value is -1.36. The number of hydrogen-bond acceptors (Lipinski definition) is 4. The molecule has 0 radical (unpaired) electrons. The predicted molar refractivity (Wildman–Crippen MR) is 53.9 cm³/mol. The van der Waals surface area contributed by atoms with Gasteiger partial charge in [0, 0.05) is 0 Å². The second-order valence-electron chi connectivity index (χ2n) is 3.67. The quantitative estimate of drug-likeness (QED) is 0.687. The van der Waals surface area contributed by atoms with Gasteiger partial charge in [0.1, 0.15) is 10.5 Å². The van der Waals surface area contributed by atoms with Gasteiger partial charge in [0.05, 0.1) is 10.6 Å². The molecule has 0 bridgehead atoms. The summed E-state index contributed by atoms with van der Waals surface area (Å²) in [6.07, 6.45) is 2.57. The average Bonchev–Trinajstić information content (AvgIpc) is 2.82. The largest absolute Gasteiger partial charge is 0.361 e. The van der Waals surface area contributed by atoms with Crippen molar-refractivity contribution in [2.75, 3.05) is 10.6 Å². The standard InChI is InChI=1S/C9H8N2O2S/c12-4-5-3-6-7(14-5)11-9(1-2-9)8(13)10-6/h3-4,11H,1-2H2,(H,10,13). The molecule has 1 aromatic rings. The van der Waals surface area contributed by atoms with E-state index < -0.39 is 0 Å². The maximum absolute atomic E-state index is 11.6. The summed E-state index contributed by atoms with van der Waals surface area (Å²) in [6, 6.07) is 1.70. The number of nitrogens with one attached hydrogen (secondary N) is 2. The fraction of sp³-hybridized carbons (Fsp3) is 0.333. The fourth-order valence-electron chi connectivity index (χ4n) is 1.65. The molecule has 1 aromatic heterocycles. The Bertz CT molecular complexity index is 434. The van der Waals surface area contributed by atoms with E-state index in [4.69, 9.17) is 0 Å². The zero-order valence-corrected chi connectivity index (χ0v) is 8.11. The van der Waals surface area contributed by atoms with Gasteiger partial charge in [-0.15, -0.1) is 11.3 Å². The van der Waals surface area contributed by atoms with Crippen LogP contribution in [-0.2, 0) is 4.79 Å². The molecule has 2 aliphatic rings. The van der Waals surface area contributed by atoms with Gasteiger partial charge < -0.3 is 10.6 Å². The molecule has 1 saturated carbocycles. The van der Waals surface area contributed by atoms with Gasteiger partial charge in [0.2, 0.25) is 5.91 Å². The highest BCUT2D eigenvalue weighted by molar-refractivity contribution is 7.18. The van der Waals surface area contributed by atoms with Crippen molar-refractivity contribution in [2.24, 2.45) is 0 Å². The number of fused-ring (bicyclic) bond motifs is 1. The molecule has 1 amide bonds. The summed E-state index contributed by atoms with van der Waals surface area (Å²) in [5, 5.41) is 6.92. The number of carbonyl (C=O) groups is 2. The number of amides is 1. The molecule has 3 rings (SSSR count). The van der Waals surface area contributed by atoms with Crippen LogP contribution in [0.3, 0.4) is 0 Å². The number of anilines is 2. The molecule has 0 aromatic carbocycles. The van der Waals surface area contributed by atoms with Crippen molar-refractivity contribution in [1.82, 2.24) is 0 Å². The van der Waals surface area contributed by atoms with Gasteiger partial charge in [-0.1, -0.05) is 0 Å². The molecule has 1 aliphatic heterocycles. The second-order valence-corrected chi connectivity index (χ2v) is 4.75. The molecule has 0 unspecified atom stereocenters. The minimum atomic E-state index is -0.363. The van der Waals surface area contributed by atoms with Crippen molar-refractivity contribution >= 4 is 34.2 Å². The summed E-state index contributed by atoms with van der Waals surface area (Å²) >= 11 is 1.39. The van der Waals surface area contributed by atoms with Crippen molar-refractivity contribution in [3.05, 3.63) is 10.9 Å². The lowest BCUT2D eigenvalue weighted by Gasteiger charge is -2.23. The van der Waals surface area contributed by atoms with Crippen LogP contribution in [0.25, 0.3) is 0 Å². The van der Waals surface area contributed by atoms with Crippen LogP contribution in [0, 0.1) is 0 Å². The lowest BCUT2D eigenvalue weighted by molar-refractivity contribution is -0.117. The Morgan fingerprint density at radius 2 is 2.29 bits per heavy atom. The summed E-state index contributed by atoms with van der Waals surface area (Å²) < 4.78 is 0. The smallest absolute Gasteiger partial charge is 0.250 e. The SMILES string of the molecule is O=Cc1cc2c(s1)NC1(CC1)C(=O)N2. The maximum atomic E-state index is 11.6. The zero-order chi connectivity index (χ0) is 9.76. The Kier molecular flexibility index (Phi) is 1.35. The minimum Gasteiger partial charge on any atom is -0.361 e. The van der Waals surface area contributed by atoms with Crippen LogP contribution in [0.15, 0.2) is 6.07 Å². The third-order valence-electron chi connectivity index (χ3n) is 2.65. The molecule has 72 valence electrons. The van der Waals surface area contributed by atoms with E-state index in [0.29, 0.717) is 4.88 Å². The van der Waals surface area contributed by atoms with Crippen LogP contribution in [0.1, 0.15) is 22.5 Å². The molecule has 2 N–H and O–H groups in total. The topological polar surface area (TPSA) is 58.2 Å². The minimum absolute atomic E-state index is 0.0280. The zero-order valence-electron chi connectivity index (χ0n) is 7.29. The third-order valence-corrected chi connectivity index (χ3v) is 3.63. The van der Waals surface area contributed by atoms with Crippen molar-refractivity contribution in [1.29, 1.82) is 0 Å². The molecule has 0 atom stereocenters. The summed E-state index contributed by atoms with van der Waals surface area (Å²) in [5.41, 5.74) is 0.373. The summed E-state index contributed by atoms with van der Waals surface area (Å²) in [6.45, 7) is 0. The van der Waals surface area contributed by atoms with E-state index >= 15 is 0 Å². The molecule has 1 spiro atoms. The van der Waals surface area contributed by atoms with E-state index in [-0.39, 0.29) is 11.4 Å². The van der Waals surface area contributed by atoms with Crippen LogP contribution in [0.2, 0.25) is 0 Å². The van der Waals surface area contributed by atoms with Gasteiger partial charge >= 0.3 is 0 Å². The number of aldehydes is 1. The lowest BCUT2D eigenvalue weighted by Crippen LogP contribution is -2.40. The van der Waals surface area contributed by atoms with E-state index in [1.54, 1.807) is 6.07 Å². The maximum Gasteiger partial charge on any atom is 0.250 e. The molecule has 14 heavy (non-hydrogen) atoms. The number of carbonyl (C=O) groups excluding carboxylic acids is 2. The van der Waals surface area contributed by atoms with E-state index in [0.717, 1.165) is 29.8 Å². The Morgan fingerprint density at radius 3 is 2.93 bits per heavy atom. The lowest BCUT2D eigenvalue weighted by atomic mass is 10.2. The van der Waals surface area contributed by atoms with E-state index in [1.165, 1.54) is 11.3 Å². The van der Waals surface area contributed by atoms with Gasteiger partial charge in [0.15, 0.2) is 6.29 Å². The highest BCUT2D eigenvalue weighted by Crippen LogP contribution is 2.47. The summed E-state index contributed by atoms with van der Waals surface area (Å²) in [7, 11) is 0. The van der Waals surface area contributed by atoms with Gasteiger partial charge in [0.25, 0.3) is 0 Å². The molecule has 5 heteroatoms. The number of rotatable bonds is 1. The number of thiophene rings is 1. The van der Waals surface area contributed by atoms with Crippen LogP contribution in [0.4, 0.5) is 10.7 Å². The molecule has 2 heterocycles. The van der Waals surface area contributed by atoms with Gasteiger partial charge in [-0.25, -0.2) is 0 Å². The first-order chi connectivity index (χ1) is 6.73. The van der Waals surface area contributed by atoms with Crippen LogP contribution in [0.5, 0.6) is 0 Å². The highest BCUT2D eigenvalue weighted by atomic mass is 32.1. The molecular weight excluding hydrogens is 200 g/mol. The monoisotopic (exact) mass is 208 g/mol. The Labute approximate surface area is 84.3 Å². The first-order valence-electron chi connectivity index (χ1n) is 4.42. The van der Waals surface area contributed by atoms with Crippen molar-refractivity contribution in [2.45, 2.75) is 18.4 Å². The first-order valence-corrected chi connectivity index (χ1v) is 5.24. The summed E-state index contributed by atoms with van der Waals surface area (Å²) in [5.74, 6) is 0.0280. The molecule has 4 nitrogen and oxygen atoms in total. The molecule has 1 aliphatic carbocycles. The van der Waals surface area contributed by atoms with Crippen molar-refractivity contribution < 1.29 is 9.59 Å². The van der Waals surface area contributed by atoms with Crippen molar-refractivity contribution in [3.63, 3.8) is 0 Å². The Balaban J connectivity index is 2.04. The van der Waals surface area contributed by atoms with Crippen LogP contribution in [-0.4, -0.2) is 17.7 Å². The van der Waals surface area contributed by atoms with Crippen LogP contribution < -0.4 is 10.6 Å². The van der Waals surface area contributed by atoms with Crippen molar-refractivity contribution in [3.8, 4) is 0 Å². The predicted octanol–water partition coefficient (Wildman–Crippen LogP) is 1.46.